The molecule has 1 N–H and O–H groups in total. The summed E-state index contributed by atoms with van der Waals surface area (Å²) in [6.07, 6.45) is 4.41. The van der Waals surface area contributed by atoms with Gasteiger partial charge in [-0.1, -0.05) is 18.0 Å². The third kappa shape index (κ3) is 3.66. The van der Waals surface area contributed by atoms with Crippen LogP contribution in [0, 0.1) is 3.57 Å². The summed E-state index contributed by atoms with van der Waals surface area (Å²) in [5.41, 5.74) is 0.415. The number of nitrogens with one attached hydrogen (secondary N) is 1. The van der Waals surface area contributed by atoms with Crippen molar-refractivity contribution in [1.82, 2.24) is 20.1 Å². The highest BCUT2D eigenvalue weighted by Crippen LogP contribution is 2.28. The molecule has 1 aliphatic heterocycles. The van der Waals surface area contributed by atoms with Crippen molar-refractivity contribution in [2.75, 3.05) is 7.11 Å². The molecule has 1 aromatic carbocycles. The largest absolute Gasteiger partial charge is 0.496 e. The van der Waals surface area contributed by atoms with Gasteiger partial charge in [0.15, 0.2) is 5.82 Å². The van der Waals surface area contributed by atoms with E-state index in [1.807, 2.05) is 0 Å². The van der Waals surface area contributed by atoms with Gasteiger partial charge in [0.25, 0.3) is 5.91 Å². The number of amides is 1. The zero-order valence-corrected chi connectivity index (χ0v) is 16.2. The van der Waals surface area contributed by atoms with Crippen molar-refractivity contribution in [3.05, 3.63) is 37.9 Å². The zero-order valence-electron chi connectivity index (χ0n) is 13.3. The van der Waals surface area contributed by atoms with Crippen LogP contribution in [0.1, 0.15) is 41.3 Å². The van der Waals surface area contributed by atoms with Crippen LogP contribution in [0.25, 0.3) is 0 Å². The fourth-order valence-corrected chi connectivity index (χ4v) is 3.41. The van der Waals surface area contributed by atoms with E-state index in [1.54, 1.807) is 12.1 Å². The van der Waals surface area contributed by atoms with Crippen LogP contribution in [-0.2, 0) is 19.5 Å². The lowest BCUT2D eigenvalue weighted by atomic mass is 10.2. The number of aryl methyl sites for hydroxylation is 1. The van der Waals surface area contributed by atoms with Gasteiger partial charge in [0.05, 0.1) is 24.2 Å². The lowest BCUT2D eigenvalue weighted by Gasteiger charge is -2.11. The molecule has 128 valence electrons. The van der Waals surface area contributed by atoms with Gasteiger partial charge >= 0.3 is 0 Å². The molecule has 0 saturated heterocycles. The molecule has 0 fully saturated rings. The Balaban J connectivity index is 1.75. The van der Waals surface area contributed by atoms with Crippen molar-refractivity contribution in [2.45, 2.75) is 38.8 Å². The van der Waals surface area contributed by atoms with Crippen molar-refractivity contribution in [3.8, 4) is 5.75 Å². The molecule has 0 unspecified atom stereocenters. The maximum atomic E-state index is 12.5. The predicted octanol–water partition coefficient (Wildman–Crippen LogP) is 3.20. The first-order valence-corrected chi connectivity index (χ1v) is 9.28. The van der Waals surface area contributed by atoms with Crippen LogP contribution in [0.3, 0.4) is 0 Å². The number of ether oxygens (including phenoxy) is 1. The Bertz CT molecular complexity index is 763. The van der Waals surface area contributed by atoms with Gasteiger partial charge in [-0.05, 0) is 47.6 Å². The summed E-state index contributed by atoms with van der Waals surface area (Å²) in [4.78, 5) is 12.5. The minimum atomic E-state index is -0.240. The lowest BCUT2D eigenvalue weighted by Crippen LogP contribution is -2.25. The Labute approximate surface area is 159 Å². The minimum absolute atomic E-state index is 0.240. The Morgan fingerprint density at radius 2 is 2.21 bits per heavy atom. The number of halogens is 2. The number of nitrogens with zero attached hydrogens (tertiary/aromatic N) is 3. The quantitative estimate of drug-likeness (QED) is 0.712. The van der Waals surface area contributed by atoms with Crippen molar-refractivity contribution in [1.29, 1.82) is 0 Å². The first-order valence-electron chi connectivity index (χ1n) is 7.82. The molecule has 2 aromatic rings. The van der Waals surface area contributed by atoms with Gasteiger partial charge in [-0.25, -0.2) is 0 Å². The van der Waals surface area contributed by atoms with Crippen LogP contribution >= 0.6 is 34.2 Å². The standard InChI is InChI=1S/C16H18ClIN4O2/c1-24-13-8-12(18)11(17)7-10(13)16(23)19-9-15-21-20-14-5-3-2-4-6-22(14)15/h7-8H,2-6,9H2,1H3,(H,19,23). The predicted molar refractivity (Wildman–Crippen MR) is 99.5 cm³/mol. The maximum Gasteiger partial charge on any atom is 0.255 e. The molecular formula is C16H18ClIN4O2. The summed E-state index contributed by atoms with van der Waals surface area (Å²) in [5, 5.41) is 11.9. The van der Waals surface area contributed by atoms with Crippen molar-refractivity contribution in [2.24, 2.45) is 0 Å². The maximum absolute atomic E-state index is 12.5. The van der Waals surface area contributed by atoms with Crippen LogP contribution in [-0.4, -0.2) is 27.8 Å². The summed E-state index contributed by atoms with van der Waals surface area (Å²) < 4.78 is 8.24. The van der Waals surface area contributed by atoms with E-state index in [2.05, 4.69) is 42.7 Å². The fraction of sp³-hybridized carbons (Fsp3) is 0.438. The van der Waals surface area contributed by atoms with E-state index in [9.17, 15) is 4.79 Å². The van der Waals surface area contributed by atoms with Gasteiger partial charge in [0.2, 0.25) is 0 Å². The molecule has 1 aromatic heterocycles. The molecule has 24 heavy (non-hydrogen) atoms. The van der Waals surface area contributed by atoms with Crippen LogP contribution < -0.4 is 10.1 Å². The van der Waals surface area contributed by atoms with Gasteiger partial charge in [-0.3, -0.25) is 4.79 Å². The number of carbonyl (C=O) groups is 1. The third-order valence-electron chi connectivity index (χ3n) is 4.08. The topological polar surface area (TPSA) is 69.0 Å². The second-order valence-electron chi connectivity index (χ2n) is 5.64. The summed E-state index contributed by atoms with van der Waals surface area (Å²) in [5.74, 6) is 2.06. The molecule has 8 heteroatoms. The Morgan fingerprint density at radius 1 is 1.38 bits per heavy atom. The fourth-order valence-electron chi connectivity index (χ4n) is 2.81. The van der Waals surface area contributed by atoms with E-state index in [0.29, 0.717) is 22.9 Å². The molecule has 1 amide bonds. The Hall–Kier alpha value is -1.35. The molecule has 0 aliphatic carbocycles. The highest BCUT2D eigenvalue weighted by molar-refractivity contribution is 14.1. The lowest BCUT2D eigenvalue weighted by molar-refractivity contribution is 0.0946. The molecule has 2 heterocycles. The number of rotatable bonds is 4. The molecule has 0 saturated carbocycles. The van der Waals surface area contributed by atoms with E-state index >= 15 is 0 Å². The SMILES string of the molecule is COc1cc(I)c(Cl)cc1C(=O)NCc1nnc2n1CCCCC2. The highest BCUT2D eigenvalue weighted by atomic mass is 127. The van der Waals surface area contributed by atoms with Crippen LogP contribution in [0.2, 0.25) is 5.02 Å². The van der Waals surface area contributed by atoms with E-state index < -0.39 is 0 Å². The first-order chi connectivity index (χ1) is 11.6. The van der Waals surface area contributed by atoms with Crippen LogP contribution in [0.5, 0.6) is 5.75 Å². The number of hydrogen-bond acceptors (Lipinski definition) is 4. The molecule has 3 rings (SSSR count). The number of fused-ring (bicyclic) bond motifs is 1. The smallest absolute Gasteiger partial charge is 0.255 e. The van der Waals surface area contributed by atoms with Gasteiger partial charge in [0, 0.05) is 16.5 Å². The van der Waals surface area contributed by atoms with Gasteiger partial charge < -0.3 is 14.6 Å². The van der Waals surface area contributed by atoms with Gasteiger partial charge in [-0.15, -0.1) is 10.2 Å². The number of benzene rings is 1. The average Bonchev–Trinajstić information content (AvgIpc) is 2.81. The third-order valence-corrected chi connectivity index (χ3v) is 5.60. The summed E-state index contributed by atoms with van der Waals surface area (Å²) in [6, 6.07) is 3.38. The van der Waals surface area contributed by atoms with E-state index in [-0.39, 0.29) is 5.91 Å². The van der Waals surface area contributed by atoms with Gasteiger partial charge in [0.1, 0.15) is 11.6 Å². The molecule has 6 nitrogen and oxygen atoms in total. The van der Waals surface area contributed by atoms with Crippen molar-refractivity contribution < 1.29 is 9.53 Å². The molecule has 0 atom stereocenters. The molecule has 1 aliphatic rings. The zero-order chi connectivity index (χ0) is 17.1. The van der Waals surface area contributed by atoms with E-state index in [0.717, 1.165) is 41.0 Å². The molecular weight excluding hydrogens is 443 g/mol. The summed E-state index contributed by atoms with van der Waals surface area (Å²) in [6.45, 7) is 1.24. The molecule has 0 spiro atoms. The monoisotopic (exact) mass is 460 g/mol. The van der Waals surface area contributed by atoms with Crippen LogP contribution in [0.15, 0.2) is 12.1 Å². The first kappa shape index (κ1) is 17.5. The number of aromatic nitrogens is 3. The minimum Gasteiger partial charge on any atom is -0.496 e. The summed E-state index contributed by atoms with van der Waals surface area (Å²) in [7, 11) is 1.54. The summed E-state index contributed by atoms with van der Waals surface area (Å²) >= 11 is 8.24. The Morgan fingerprint density at radius 3 is 3.00 bits per heavy atom. The average molecular weight is 461 g/mol. The highest BCUT2D eigenvalue weighted by Gasteiger charge is 2.18. The normalized spacial score (nSPS) is 14.0. The number of methoxy groups -OCH3 is 1. The van der Waals surface area contributed by atoms with Crippen LogP contribution in [0.4, 0.5) is 0 Å². The molecule has 0 radical (unpaired) electrons. The van der Waals surface area contributed by atoms with E-state index in [1.165, 1.54) is 13.5 Å². The van der Waals surface area contributed by atoms with Gasteiger partial charge in [-0.2, -0.15) is 0 Å². The second-order valence-corrected chi connectivity index (χ2v) is 7.21. The van der Waals surface area contributed by atoms with Crippen molar-refractivity contribution >= 4 is 40.1 Å². The Kier molecular flexibility index (Phi) is 5.60. The second kappa shape index (κ2) is 7.69. The number of carbonyl (C=O) groups excluding carboxylic acids is 1. The van der Waals surface area contributed by atoms with E-state index in [4.69, 9.17) is 16.3 Å². The molecule has 0 bridgehead atoms. The number of hydrogen-bond donors (Lipinski definition) is 1. The van der Waals surface area contributed by atoms with Crippen molar-refractivity contribution in [3.63, 3.8) is 0 Å².